The van der Waals surface area contributed by atoms with E-state index in [2.05, 4.69) is 10.3 Å². The van der Waals surface area contributed by atoms with Gasteiger partial charge in [-0.1, -0.05) is 11.8 Å². The summed E-state index contributed by atoms with van der Waals surface area (Å²) in [7, 11) is 0. The molecule has 1 fully saturated rings. The lowest BCUT2D eigenvalue weighted by Crippen LogP contribution is -2.78. The number of carbonyl (C=O) groups excluding carboxylic acids is 2. The molecular formula is C10H19N5O5S. The smallest absolute Gasteiger partial charge is 0.338 e. The molecule has 10 nitrogen and oxygen atoms in total. The van der Waals surface area contributed by atoms with Gasteiger partial charge in [0.05, 0.1) is 18.6 Å². The molecule has 0 aliphatic carbocycles. The van der Waals surface area contributed by atoms with E-state index in [0.717, 1.165) is 11.8 Å². The fraction of sp³-hybridized carbons (Fsp3) is 0.600. The van der Waals surface area contributed by atoms with Gasteiger partial charge in [0.15, 0.2) is 0 Å². The molecule has 1 aliphatic rings. The number of carboxylic acid groups (broad SMARTS) is 2. The van der Waals surface area contributed by atoms with Gasteiger partial charge in [-0.3, -0.25) is 26.0 Å². The third-order valence-corrected chi connectivity index (χ3v) is 3.18. The van der Waals surface area contributed by atoms with Crippen molar-refractivity contribution in [3.8, 4) is 0 Å². The number of hydrogen-bond acceptors (Lipinski definition) is 6. The third-order valence-electron chi connectivity index (χ3n) is 2.30. The van der Waals surface area contributed by atoms with E-state index in [4.69, 9.17) is 22.3 Å². The standard InChI is InChI=1S/C6H14N4O2.C4H5NO3S/c7-4(5(11)12)2-1-3-10-6(8)9;6-3(7)2-1-9-4(8)5-2/h4H,1-3,7H2,(H,11,12)(H4,8,9,10);2H,1H2,(H,5,8)(H,6,7)/t4-;2-/m00/s1. The first-order chi connectivity index (χ1) is 9.73. The minimum absolute atomic E-state index is 0.138. The van der Waals surface area contributed by atoms with Gasteiger partial charge in [-0.2, -0.15) is 0 Å². The fourth-order valence-electron chi connectivity index (χ4n) is 1.19. The van der Waals surface area contributed by atoms with E-state index in [0.29, 0.717) is 19.4 Å². The Morgan fingerprint density at radius 1 is 1.52 bits per heavy atom. The van der Waals surface area contributed by atoms with Gasteiger partial charge < -0.3 is 26.1 Å². The average Bonchev–Trinajstić information content (AvgIpc) is 2.81. The van der Waals surface area contributed by atoms with Crippen LogP contribution in [0.2, 0.25) is 0 Å². The monoisotopic (exact) mass is 321 g/mol. The van der Waals surface area contributed by atoms with Crippen molar-refractivity contribution in [1.29, 1.82) is 0 Å². The fourth-order valence-corrected chi connectivity index (χ4v) is 1.95. The Labute approximate surface area is 125 Å². The molecule has 21 heavy (non-hydrogen) atoms. The van der Waals surface area contributed by atoms with E-state index < -0.39 is 24.0 Å². The predicted octanol–water partition coefficient (Wildman–Crippen LogP) is -4.91. The average molecular weight is 321 g/mol. The highest BCUT2D eigenvalue weighted by atomic mass is 32.2. The quantitative estimate of drug-likeness (QED) is 0.157. The van der Waals surface area contributed by atoms with Gasteiger partial charge in [-0.25, -0.2) is 0 Å². The zero-order valence-electron chi connectivity index (χ0n) is 11.2. The molecule has 0 aromatic carbocycles. The Hall–Kier alpha value is -2.01. The molecule has 1 rings (SSSR count). The highest BCUT2D eigenvalue weighted by molar-refractivity contribution is 8.14. The largest absolute Gasteiger partial charge is 0.548 e. The maximum Gasteiger partial charge on any atom is 0.338 e. The number of aliphatic carboxylic acids is 2. The number of guanidine groups is 1. The molecule has 1 aliphatic heterocycles. The van der Waals surface area contributed by atoms with Crippen molar-refractivity contribution in [1.82, 2.24) is 5.32 Å². The summed E-state index contributed by atoms with van der Waals surface area (Å²) < 4.78 is 0. The second-order valence-corrected chi connectivity index (χ2v) is 5.08. The summed E-state index contributed by atoms with van der Waals surface area (Å²) in [5, 5.41) is 20.3. The molecule has 0 aromatic rings. The molecule has 0 radical (unpaired) electrons. The number of rotatable bonds is 6. The van der Waals surface area contributed by atoms with Crippen molar-refractivity contribution in [3.05, 3.63) is 0 Å². The van der Waals surface area contributed by atoms with Gasteiger partial charge in [0.25, 0.3) is 5.24 Å². The first-order valence-electron chi connectivity index (χ1n) is 5.98. The van der Waals surface area contributed by atoms with Crippen molar-refractivity contribution < 1.29 is 29.6 Å². The maximum atomic E-state index is 10.3. The second kappa shape index (κ2) is 9.83. The predicted molar refractivity (Wildman–Crippen MR) is 73.8 cm³/mol. The molecular weight excluding hydrogens is 302 g/mol. The summed E-state index contributed by atoms with van der Waals surface area (Å²) in [5.74, 6) is -1.78. The third kappa shape index (κ3) is 9.51. The molecule has 0 unspecified atom stereocenters. The van der Waals surface area contributed by atoms with Gasteiger partial charge >= 0.3 is 11.9 Å². The number of thioether (sulfide) groups is 1. The Kier molecular flexibility index (Phi) is 8.88. The topological polar surface area (TPSA) is 199 Å². The zero-order valence-corrected chi connectivity index (χ0v) is 12.0. The highest BCUT2D eigenvalue weighted by Crippen LogP contribution is 2.11. The van der Waals surface area contributed by atoms with Crippen LogP contribution in [0.5, 0.6) is 0 Å². The lowest BCUT2D eigenvalue weighted by Gasteiger charge is -2.07. The Balaban J connectivity index is 0.000000394. The van der Waals surface area contributed by atoms with Crippen LogP contribution in [0.3, 0.4) is 0 Å². The number of nitrogens with two attached hydrogens (primary N) is 3. The van der Waals surface area contributed by atoms with E-state index in [-0.39, 0.29) is 17.0 Å². The van der Waals surface area contributed by atoms with Crippen molar-refractivity contribution in [3.63, 3.8) is 0 Å². The zero-order chi connectivity index (χ0) is 16.4. The Morgan fingerprint density at radius 2 is 2.14 bits per heavy atom. The number of amides is 1. The number of nitrogens with one attached hydrogen (secondary N) is 2. The van der Waals surface area contributed by atoms with Crippen LogP contribution >= 0.6 is 11.8 Å². The van der Waals surface area contributed by atoms with Crippen molar-refractivity contribution >= 4 is 34.9 Å². The molecule has 1 amide bonds. The van der Waals surface area contributed by atoms with Gasteiger partial charge in [0.2, 0.25) is 0 Å². The molecule has 0 spiro atoms. The summed E-state index contributed by atoms with van der Waals surface area (Å²) >= 11 is 0.963. The van der Waals surface area contributed by atoms with Crippen molar-refractivity contribution in [2.24, 2.45) is 17.2 Å². The lowest BCUT2D eigenvalue weighted by molar-refractivity contribution is -0.459. The van der Waals surface area contributed by atoms with Crippen LogP contribution in [0.1, 0.15) is 12.8 Å². The van der Waals surface area contributed by atoms with Crippen LogP contribution in [-0.4, -0.2) is 52.6 Å². The maximum absolute atomic E-state index is 10.3. The summed E-state index contributed by atoms with van der Waals surface area (Å²) in [6.45, 7) is 0.545. The molecule has 0 bridgehead atoms. The Morgan fingerprint density at radius 3 is 2.48 bits per heavy atom. The summed E-state index contributed by atoms with van der Waals surface area (Å²) in [6, 6.07) is -1.59. The van der Waals surface area contributed by atoms with Crippen LogP contribution < -0.4 is 32.6 Å². The number of carboxylic acids is 2. The van der Waals surface area contributed by atoms with Gasteiger partial charge in [0.1, 0.15) is 6.04 Å². The second-order valence-electron chi connectivity index (χ2n) is 4.08. The first-order valence-corrected chi connectivity index (χ1v) is 6.97. The van der Waals surface area contributed by atoms with Crippen LogP contribution in [-0.2, 0) is 9.59 Å². The van der Waals surface area contributed by atoms with Crippen LogP contribution in [0.4, 0.5) is 4.79 Å². The van der Waals surface area contributed by atoms with Crippen molar-refractivity contribution in [2.75, 3.05) is 12.3 Å². The van der Waals surface area contributed by atoms with E-state index >= 15 is 0 Å². The molecule has 0 aromatic heterocycles. The molecule has 2 atom stereocenters. The Bertz CT molecular complexity index is 413. The normalized spacial score (nSPS) is 18.0. The molecule has 1 heterocycles. The van der Waals surface area contributed by atoms with E-state index in [9.17, 15) is 19.5 Å². The number of hydrogen-bond donors (Lipinski definition) is 6. The summed E-state index contributed by atoms with van der Waals surface area (Å²) in [6.07, 6.45) is 1.04. The minimum atomic E-state index is -1.21. The minimum Gasteiger partial charge on any atom is -0.548 e. The number of carbonyl (C=O) groups is 3. The molecule has 120 valence electrons. The highest BCUT2D eigenvalue weighted by Gasteiger charge is 2.21. The van der Waals surface area contributed by atoms with Gasteiger partial charge in [0, 0.05) is 5.75 Å². The van der Waals surface area contributed by atoms with Crippen LogP contribution in [0.25, 0.3) is 0 Å². The van der Waals surface area contributed by atoms with Crippen molar-refractivity contribution in [2.45, 2.75) is 24.9 Å². The van der Waals surface area contributed by atoms with E-state index in [1.54, 1.807) is 0 Å². The van der Waals surface area contributed by atoms with E-state index in [1.807, 2.05) is 0 Å². The van der Waals surface area contributed by atoms with E-state index in [1.165, 1.54) is 0 Å². The van der Waals surface area contributed by atoms with Gasteiger partial charge in [-0.05, 0) is 12.8 Å². The van der Waals surface area contributed by atoms with Crippen LogP contribution in [0.15, 0.2) is 0 Å². The van der Waals surface area contributed by atoms with Gasteiger partial charge in [-0.15, -0.1) is 0 Å². The molecule has 1 saturated heterocycles. The summed E-state index contributed by atoms with van der Waals surface area (Å²) in [5.41, 5.74) is 15.4. The molecule has 9 N–H and O–H groups in total. The molecule has 11 heteroatoms. The lowest BCUT2D eigenvalue weighted by atomic mass is 10.2. The first kappa shape index (κ1) is 19.0. The molecule has 0 saturated carbocycles. The summed E-state index contributed by atoms with van der Waals surface area (Å²) in [4.78, 5) is 33.2. The van der Waals surface area contributed by atoms with Crippen LogP contribution in [0, 0.1) is 0 Å². The SMILES string of the molecule is NC(N)=[NH+]CCC[C@H](N)C(=O)O.O=C1N[C@H](C(=O)[O-])CS1.